The number of nitrogens with one attached hydrogen (secondary N) is 1. The highest BCUT2D eigenvalue weighted by molar-refractivity contribution is 5.89. The largest absolute Gasteiger partial charge is 0.416 e. The summed E-state index contributed by atoms with van der Waals surface area (Å²) >= 11 is 0. The van der Waals surface area contributed by atoms with Crippen molar-refractivity contribution in [1.82, 2.24) is 4.57 Å². The van der Waals surface area contributed by atoms with Crippen LogP contribution in [0.25, 0.3) is 22.2 Å². The molecule has 0 saturated carbocycles. The molecule has 0 saturated heterocycles. The highest BCUT2D eigenvalue weighted by Crippen LogP contribution is 2.33. The molecule has 0 radical (unpaired) electrons. The lowest BCUT2D eigenvalue weighted by Crippen LogP contribution is -2.04. The van der Waals surface area contributed by atoms with Crippen LogP contribution >= 0.6 is 0 Å². The number of halogens is 3. The molecular weight excluding hydrogens is 289 g/mol. The van der Waals surface area contributed by atoms with Gasteiger partial charge in [-0.3, -0.25) is 0 Å². The summed E-state index contributed by atoms with van der Waals surface area (Å²) in [5, 5.41) is 4.12. The summed E-state index contributed by atoms with van der Waals surface area (Å²) in [5.74, 6) is 0. The van der Waals surface area contributed by atoms with Gasteiger partial charge in [-0.1, -0.05) is 12.1 Å². The lowest BCUT2D eigenvalue weighted by atomic mass is 10.1. The minimum atomic E-state index is -4.31. The molecule has 0 fully saturated rings. The van der Waals surface area contributed by atoms with Crippen LogP contribution in [0.5, 0.6) is 0 Å². The van der Waals surface area contributed by atoms with Crippen molar-refractivity contribution in [3.63, 3.8) is 0 Å². The Morgan fingerprint density at radius 1 is 0.955 bits per heavy atom. The molecule has 0 spiro atoms. The second-order valence-electron chi connectivity index (χ2n) is 5.19. The number of alkyl halides is 3. The Hall–Kier alpha value is -2.43. The Labute approximate surface area is 126 Å². The van der Waals surface area contributed by atoms with E-state index in [9.17, 15) is 13.2 Å². The molecule has 0 bridgehead atoms. The van der Waals surface area contributed by atoms with E-state index in [0.29, 0.717) is 0 Å². The first-order valence-corrected chi connectivity index (χ1v) is 6.85. The summed E-state index contributed by atoms with van der Waals surface area (Å²) in [5.41, 5.74) is 3.05. The van der Waals surface area contributed by atoms with E-state index in [-0.39, 0.29) is 0 Å². The van der Waals surface area contributed by atoms with E-state index in [1.165, 1.54) is 12.1 Å². The Morgan fingerprint density at radius 2 is 1.64 bits per heavy atom. The minimum absolute atomic E-state index is 0.632. The van der Waals surface area contributed by atoms with Gasteiger partial charge >= 0.3 is 6.18 Å². The molecule has 3 rings (SSSR count). The maximum Gasteiger partial charge on any atom is 0.416 e. The zero-order valence-corrected chi connectivity index (χ0v) is 12.2. The molecule has 0 unspecified atom stereocenters. The molecule has 3 aromatic rings. The normalized spacial score (nSPS) is 11.9. The Kier molecular flexibility index (Phi) is 3.35. The monoisotopic (exact) mass is 304 g/mol. The van der Waals surface area contributed by atoms with Crippen molar-refractivity contribution in [3.05, 3.63) is 54.1 Å². The number of benzene rings is 2. The van der Waals surface area contributed by atoms with Crippen LogP contribution in [0.3, 0.4) is 0 Å². The van der Waals surface area contributed by atoms with E-state index in [4.69, 9.17) is 0 Å². The first-order valence-electron chi connectivity index (χ1n) is 6.85. The van der Waals surface area contributed by atoms with Crippen molar-refractivity contribution in [1.29, 1.82) is 0 Å². The number of hydrogen-bond acceptors (Lipinski definition) is 1. The van der Waals surface area contributed by atoms with Crippen molar-refractivity contribution in [2.45, 2.75) is 6.18 Å². The van der Waals surface area contributed by atoms with Gasteiger partial charge in [0.05, 0.1) is 5.56 Å². The Balaban J connectivity index is 2.08. The van der Waals surface area contributed by atoms with E-state index < -0.39 is 11.7 Å². The fourth-order valence-electron chi connectivity index (χ4n) is 2.61. The van der Waals surface area contributed by atoms with Crippen molar-refractivity contribution < 1.29 is 13.2 Å². The topological polar surface area (TPSA) is 17.0 Å². The minimum Gasteiger partial charge on any atom is -0.388 e. The summed E-state index contributed by atoms with van der Waals surface area (Å²) in [6.45, 7) is 0. The average molecular weight is 304 g/mol. The number of rotatable bonds is 2. The maximum atomic E-state index is 12.6. The lowest BCUT2D eigenvalue weighted by Gasteiger charge is -2.08. The van der Waals surface area contributed by atoms with Gasteiger partial charge in [-0.2, -0.15) is 13.2 Å². The molecule has 0 atom stereocenters. The molecule has 1 aromatic heterocycles. The number of nitrogens with zero attached hydrogens (tertiary/aromatic N) is 1. The zero-order valence-electron chi connectivity index (χ0n) is 12.2. The first-order chi connectivity index (χ1) is 10.4. The van der Waals surface area contributed by atoms with Crippen LogP contribution in [-0.2, 0) is 13.2 Å². The number of aromatic nitrogens is 1. The molecule has 1 N–H and O–H groups in total. The van der Waals surface area contributed by atoms with Gasteiger partial charge in [0, 0.05) is 36.4 Å². The summed E-state index contributed by atoms with van der Waals surface area (Å²) in [7, 11) is 3.76. The third-order valence-corrected chi connectivity index (χ3v) is 3.84. The third kappa shape index (κ3) is 2.43. The summed E-state index contributed by atoms with van der Waals surface area (Å²) in [6, 6.07) is 13.2. The molecule has 22 heavy (non-hydrogen) atoms. The fourth-order valence-corrected chi connectivity index (χ4v) is 2.61. The summed E-state index contributed by atoms with van der Waals surface area (Å²) in [6.07, 6.45) is -4.31. The number of hydrogen-bond donors (Lipinski definition) is 1. The summed E-state index contributed by atoms with van der Waals surface area (Å²) in [4.78, 5) is 0. The Bertz CT molecular complexity index is 814. The molecule has 0 aliphatic rings. The molecule has 1 heterocycles. The lowest BCUT2D eigenvalue weighted by molar-refractivity contribution is -0.137. The molecule has 0 amide bonds. The maximum absolute atomic E-state index is 12.6. The van der Waals surface area contributed by atoms with Crippen molar-refractivity contribution in [2.75, 3.05) is 12.4 Å². The number of fused-ring (bicyclic) bond motifs is 1. The van der Waals surface area contributed by atoms with E-state index >= 15 is 0 Å². The van der Waals surface area contributed by atoms with E-state index in [1.807, 2.05) is 42.9 Å². The first kappa shape index (κ1) is 14.5. The van der Waals surface area contributed by atoms with Crippen LogP contribution in [0.1, 0.15) is 5.56 Å². The van der Waals surface area contributed by atoms with Crippen LogP contribution in [0.4, 0.5) is 18.9 Å². The van der Waals surface area contributed by atoms with Gasteiger partial charge < -0.3 is 9.88 Å². The second-order valence-corrected chi connectivity index (χ2v) is 5.19. The molecule has 0 aliphatic carbocycles. The van der Waals surface area contributed by atoms with Gasteiger partial charge in [0.2, 0.25) is 0 Å². The van der Waals surface area contributed by atoms with Gasteiger partial charge in [0.25, 0.3) is 0 Å². The van der Waals surface area contributed by atoms with Crippen LogP contribution in [0.15, 0.2) is 48.5 Å². The molecule has 114 valence electrons. The highest BCUT2D eigenvalue weighted by atomic mass is 19.4. The molecule has 5 heteroatoms. The van der Waals surface area contributed by atoms with E-state index in [2.05, 4.69) is 5.32 Å². The van der Waals surface area contributed by atoms with Gasteiger partial charge in [-0.15, -0.1) is 0 Å². The Morgan fingerprint density at radius 3 is 2.23 bits per heavy atom. The number of aryl methyl sites for hydroxylation is 1. The SMILES string of the molecule is CNc1ccc2c(c1)cc(-c1ccc(C(F)(F)F)cc1)n2C. The zero-order chi connectivity index (χ0) is 15.9. The second kappa shape index (κ2) is 5.09. The predicted molar refractivity (Wildman–Crippen MR) is 82.9 cm³/mol. The van der Waals surface area contributed by atoms with Crippen LogP contribution in [0, 0.1) is 0 Å². The van der Waals surface area contributed by atoms with Crippen LogP contribution in [0.2, 0.25) is 0 Å². The fraction of sp³-hybridized carbons (Fsp3) is 0.176. The average Bonchev–Trinajstić information content (AvgIpc) is 2.83. The van der Waals surface area contributed by atoms with Gasteiger partial charge in [0.1, 0.15) is 0 Å². The summed E-state index contributed by atoms with van der Waals surface area (Å²) < 4.78 is 39.9. The highest BCUT2D eigenvalue weighted by Gasteiger charge is 2.30. The van der Waals surface area contributed by atoms with Crippen molar-refractivity contribution in [3.8, 4) is 11.3 Å². The number of anilines is 1. The van der Waals surface area contributed by atoms with E-state index in [0.717, 1.165) is 40.0 Å². The van der Waals surface area contributed by atoms with E-state index in [1.54, 1.807) is 0 Å². The molecule has 2 aromatic carbocycles. The van der Waals surface area contributed by atoms with Gasteiger partial charge in [-0.25, -0.2) is 0 Å². The smallest absolute Gasteiger partial charge is 0.388 e. The van der Waals surface area contributed by atoms with Crippen molar-refractivity contribution >= 4 is 16.6 Å². The molecule has 2 nitrogen and oxygen atoms in total. The quantitative estimate of drug-likeness (QED) is 0.712. The van der Waals surface area contributed by atoms with Crippen LogP contribution < -0.4 is 5.32 Å². The molecular formula is C17H15F3N2. The molecule has 0 aliphatic heterocycles. The third-order valence-electron chi connectivity index (χ3n) is 3.84. The van der Waals surface area contributed by atoms with Crippen LogP contribution in [-0.4, -0.2) is 11.6 Å². The standard InChI is InChI=1S/C17H15F3N2/c1-21-14-7-8-15-12(9-14)10-16(22(15)2)11-3-5-13(6-4-11)17(18,19)20/h3-10,21H,1-2H3. The van der Waals surface area contributed by atoms with Gasteiger partial charge in [0.15, 0.2) is 0 Å². The van der Waals surface area contributed by atoms with Gasteiger partial charge in [-0.05, 0) is 42.0 Å². The predicted octanol–water partition coefficient (Wildman–Crippen LogP) is 4.91. The van der Waals surface area contributed by atoms with Crippen molar-refractivity contribution in [2.24, 2.45) is 7.05 Å².